The number of benzene rings is 1. The Morgan fingerprint density at radius 3 is 2.77 bits per heavy atom. The normalized spacial score (nSPS) is 27.4. The Balaban J connectivity index is 1.31. The van der Waals surface area contributed by atoms with Crippen molar-refractivity contribution in [2.45, 2.75) is 76.9 Å². The van der Waals surface area contributed by atoms with E-state index in [1.54, 1.807) is 0 Å². The zero-order valence-corrected chi connectivity index (χ0v) is 20.4. The zero-order valence-electron chi connectivity index (χ0n) is 20.4. The lowest BCUT2D eigenvalue weighted by atomic mass is 9.86. The van der Waals surface area contributed by atoms with Gasteiger partial charge in [0.15, 0.2) is 0 Å². The van der Waals surface area contributed by atoms with Gasteiger partial charge in [-0.2, -0.15) is 0 Å². The number of carbonyl (C=O) groups excluding carboxylic acids is 1. The van der Waals surface area contributed by atoms with Gasteiger partial charge < -0.3 is 24.6 Å². The molecule has 1 aliphatic carbocycles. The zero-order chi connectivity index (χ0) is 24.1. The van der Waals surface area contributed by atoms with Crippen LogP contribution < -0.4 is 15.1 Å². The van der Waals surface area contributed by atoms with Crippen LogP contribution in [0.2, 0.25) is 0 Å². The van der Waals surface area contributed by atoms with E-state index in [0.717, 1.165) is 62.3 Å². The molecule has 8 heteroatoms. The summed E-state index contributed by atoms with van der Waals surface area (Å²) in [5.41, 5.74) is 3.42. The minimum atomic E-state index is -0.399. The third-order valence-corrected chi connectivity index (χ3v) is 7.77. The third kappa shape index (κ3) is 4.38. The number of rotatable bonds is 4. The molecule has 2 aromatic rings. The number of aromatic nitrogens is 1. The molecule has 2 bridgehead atoms. The Morgan fingerprint density at radius 2 is 2.06 bits per heavy atom. The highest BCUT2D eigenvalue weighted by molar-refractivity contribution is 6.00. The van der Waals surface area contributed by atoms with Gasteiger partial charge in [0, 0.05) is 23.7 Å². The van der Waals surface area contributed by atoms with Crippen LogP contribution in [0.25, 0.3) is 0 Å². The van der Waals surface area contributed by atoms with E-state index in [4.69, 9.17) is 9.47 Å². The monoisotopic (exact) mass is 480 g/mol. The average molecular weight is 481 g/mol. The summed E-state index contributed by atoms with van der Waals surface area (Å²) in [6.07, 6.45) is 6.34. The minimum absolute atomic E-state index is 0.0715. The van der Waals surface area contributed by atoms with Gasteiger partial charge in [-0.25, -0.2) is 9.37 Å². The molecule has 1 aromatic heterocycles. The molecule has 0 spiro atoms. The number of ether oxygens (including phenoxy) is 2. The van der Waals surface area contributed by atoms with Crippen molar-refractivity contribution in [3.8, 4) is 0 Å². The van der Waals surface area contributed by atoms with Crippen molar-refractivity contribution < 1.29 is 18.7 Å². The largest absolute Gasteiger partial charge is 0.376 e. The molecule has 35 heavy (non-hydrogen) atoms. The summed E-state index contributed by atoms with van der Waals surface area (Å²) in [5.74, 6) is 0.219. The predicted molar refractivity (Wildman–Crippen MR) is 133 cm³/mol. The lowest BCUT2D eigenvalue weighted by Crippen LogP contribution is -2.39. The number of anilines is 4. The third-order valence-electron chi connectivity index (χ3n) is 7.77. The number of fused-ring (bicyclic) bond motifs is 4. The summed E-state index contributed by atoms with van der Waals surface area (Å²) >= 11 is 0. The van der Waals surface area contributed by atoms with E-state index in [1.807, 2.05) is 11.0 Å². The van der Waals surface area contributed by atoms with Crippen LogP contribution in [-0.2, 0) is 20.8 Å². The molecule has 0 unspecified atom stereocenters. The minimum Gasteiger partial charge on any atom is -0.376 e. The Bertz CT molecular complexity index is 1120. The van der Waals surface area contributed by atoms with Gasteiger partial charge in [0.2, 0.25) is 5.91 Å². The molecule has 4 aliphatic rings. The van der Waals surface area contributed by atoms with Crippen LogP contribution in [0.4, 0.5) is 27.3 Å². The predicted octanol–water partition coefficient (Wildman–Crippen LogP) is 4.77. The van der Waals surface area contributed by atoms with Crippen molar-refractivity contribution in [1.82, 2.24) is 4.98 Å². The second-order valence-electron chi connectivity index (χ2n) is 10.6. The standard InChI is InChI=1S/C27H33FN4O3/c1-16(2)35-22-6-3-17(4-7-22)27(33)32-13-18-9-19(28)12-29-26(18)30-24-8-5-20(11-25(24)32)31-14-23-10-21(31)15-34-23/h5,8-9,11-12,16-17,21-23H,3-4,6-7,10,13-15H2,1-2H3,(H,29,30)/t17-,21-,22+,23-/m0/s1. The smallest absolute Gasteiger partial charge is 0.230 e. The van der Waals surface area contributed by atoms with E-state index < -0.39 is 5.82 Å². The maximum absolute atomic E-state index is 14.1. The van der Waals surface area contributed by atoms with Gasteiger partial charge in [-0.3, -0.25) is 4.79 Å². The van der Waals surface area contributed by atoms with Crippen molar-refractivity contribution in [2.24, 2.45) is 5.92 Å². The van der Waals surface area contributed by atoms with Gasteiger partial charge in [0.1, 0.15) is 11.6 Å². The first-order chi connectivity index (χ1) is 16.9. The summed E-state index contributed by atoms with van der Waals surface area (Å²) in [7, 11) is 0. The lowest BCUT2D eigenvalue weighted by Gasteiger charge is -2.34. The van der Waals surface area contributed by atoms with Crippen molar-refractivity contribution >= 4 is 28.8 Å². The molecule has 1 N–H and O–H groups in total. The highest BCUT2D eigenvalue weighted by Crippen LogP contribution is 2.42. The molecule has 3 aliphatic heterocycles. The van der Waals surface area contributed by atoms with Gasteiger partial charge in [0.05, 0.1) is 55.1 Å². The fraction of sp³-hybridized carbons (Fsp3) is 0.556. The molecule has 7 nitrogen and oxygen atoms in total. The van der Waals surface area contributed by atoms with Gasteiger partial charge in [0.25, 0.3) is 0 Å². The SMILES string of the molecule is CC(C)O[C@H]1CC[C@@H](C(=O)N2Cc3cc(F)cnc3Nc3ccc(N4C[C@@H]5C[C@H]4CO5)cc32)CC1. The van der Waals surface area contributed by atoms with Crippen LogP contribution in [0.1, 0.15) is 51.5 Å². The number of hydrogen-bond donors (Lipinski definition) is 1. The van der Waals surface area contributed by atoms with Crippen LogP contribution in [0.15, 0.2) is 30.5 Å². The average Bonchev–Trinajstić information content (AvgIpc) is 3.44. The lowest BCUT2D eigenvalue weighted by molar-refractivity contribution is -0.124. The molecule has 1 amide bonds. The van der Waals surface area contributed by atoms with E-state index >= 15 is 0 Å². The first-order valence-electron chi connectivity index (χ1n) is 12.8. The number of amides is 1. The quantitative estimate of drug-likeness (QED) is 0.680. The van der Waals surface area contributed by atoms with E-state index in [1.165, 1.54) is 12.3 Å². The second-order valence-corrected chi connectivity index (χ2v) is 10.6. The van der Waals surface area contributed by atoms with Gasteiger partial charge in [-0.1, -0.05) is 0 Å². The van der Waals surface area contributed by atoms with Gasteiger partial charge in [-0.05, 0) is 70.2 Å². The highest BCUT2D eigenvalue weighted by atomic mass is 19.1. The van der Waals surface area contributed by atoms with Crippen molar-refractivity contribution in [1.29, 1.82) is 0 Å². The van der Waals surface area contributed by atoms with Crippen molar-refractivity contribution in [2.75, 3.05) is 28.3 Å². The van der Waals surface area contributed by atoms with E-state index in [9.17, 15) is 9.18 Å². The number of morpholine rings is 1. The van der Waals surface area contributed by atoms with Gasteiger partial charge >= 0.3 is 0 Å². The summed E-state index contributed by atoms with van der Waals surface area (Å²) in [5, 5.41) is 3.36. The summed E-state index contributed by atoms with van der Waals surface area (Å²) in [6.45, 7) is 6.02. The summed E-state index contributed by atoms with van der Waals surface area (Å²) in [6, 6.07) is 8.08. The Kier molecular flexibility index (Phi) is 5.89. The topological polar surface area (TPSA) is 66.9 Å². The van der Waals surface area contributed by atoms with Crippen molar-refractivity contribution in [3.05, 3.63) is 41.8 Å². The molecule has 1 saturated carbocycles. The van der Waals surface area contributed by atoms with Crippen LogP contribution in [0, 0.1) is 11.7 Å². The number of carbonyl (C=O) groups is 1. The number of nitrogens with zero attached hydrogens (tertiary/aromatic N) is 3. The first kappa shape index (κ1) is 22.7. The Labute approximate surface area is 205 Å². The molecule has 186 valence electrons. The molecule has 2 atom stereocenters. The van der Waals surface area contributed by atoms with Crippen LogP contribution >= 0.6 is 0 Å². The number of nitrogens with one attached hydrogen (secondary N) is 1. The number of halogens is 1. The molecule has 6 rings (SSSR count). The van der Waals surface area contributed by atoms with E-state index in [2.05, 4.69) is 41.2 Å². The van der Waals surface area contributed by atoms with Crippen LogP contribution in [0.5, 0.6) is 0 Å². The number of hydrogen-bond acceptors (Lipinski definition) is 6. The molecule has 4 heterocycles. The Morgan fingerprint density at radius 1 is 1.23 bits per heavy atom. The highest BCUT2D eigenvalue weighted by Gasteiger charge is 2.40. The molecule has 3 fully saturated rings. The van der Waals surface area contributed by atoms with E-state index in [0.29, 0.717) is 24.0 Å². The molecule has 2 saturated heterocycles. The van der Waals surface area contributed by atoms with Crippen molar-refractivity contribution in [3.63, 3.8) is 0 Å². The fourth-order valence-electron chi connectivity index (χ4n) is 6.09. The molecule has 1 aromatic carbocycles. The maximum Gasteiger partial charge on any atom is 0.230 e. The number of pyridine rings is 1. The maximum atomic E-state index is 14.1. The molecule has 0 radical (unpaired) electrons. The second kappa shape index (κ2) is 9.06. The van der Waals surface area contributed by atoms with E-state index in [-0.39, 0.29) is 30.1 Å². The Hall–Kier alpha value is -2.71. The molecular weight excluding hydrogens is 447 g/mol. The summed E-state index contributed by atoms with van der Waals surface area (Å²) in [4.78, 5) is 22.5. The first-order valence-corrected chi connectivity index (χ1v) is 12.8. The molecular formula is C27H33FN4O3. The van der Waals surface area contributed by atoms with Crippen LogP contribution in [0.3, 0.4) is 0 Å². The van der Waals surface area contributed by atoms with Gasteiger partial charge in [-0.15, -0.1) is 0 Å². The summed E-state index contributed by atoms with van der Waals surface area (Å²) < 4.78 is 25.9. The fourth-order valence-corrected chi connectivity index (χ4v) is 6.09. The van der Waals surface area contributed by atoms with Crippen LogP contribution in [-0.4, -0.2) is 48.4 Å².